The van der Waals surface area contributed by atoms with E-state index in [0.29, 0.717) is 20.7 Å². The number of ether oxygens (including phenoxy) is 2. The van der Waals surface area contributed by atoms with Gasteiger partial charge in [-0.1, -0.05) is 31.2 Å². The van der Waals surface area contributed by atoms with E-state index in [-0.39, 0.29) is 19.2 Å². The molecule has 0 spiro atoms. The van der Waals surface area contributed by atoms with Gasteiger partial charge in [-0.2, -0.15) is 5.10 Å². The van der Waals surface area contributed by atoms with Gasteiger partial charge in [-0.3, -0.25) is 4.79 Å². The molecule has 2 aromatic heterocycles. The van der Waals surface area contributed by atoms with Gasteiger partial charge in [0.1, 0.15) is 23.4 Å². The lowest BCUT2D eigenvalue weighted by atomic mass is 10.0. The maximum atomic E-state index is 13.4. The summed E-state index contributed by atoms with van der Waals surface area (Å²) in [5.74, 6) is 0.768. The smallest absolute Gasteiger partial charge is 0.261 e. The van der Waals surface area contributed by atoms with E-state index in [4.69, 9.17) is 21.1 Å². The van der Waals surface area contributed by atoms with E-state index < -0.39 is 12.1 Å². The number of thiophene rings is 1. The maximum Gasteiger partial charge on any atom is 0.261 e. The standard InChI is InChI=1S/C28H23ClFN3O3S.CH4/c1-17(32-28(34)25-12-13-26(29)37-25)27(18-4-3-5-22(14-18)35-2)36-23-10-11-24-19(15-23)16-31-33(24)21-8-6-20(30)7-9-21;/h3-17,27H,1-2H3,(H,32,34);1H4/t17-,27-;/m0./s1. The van der Waals surface area contributed by atoms with Gasteiger partial charge in [-0.25, -0.2) is 9.07 Å². The van der Waals surface area contributed by atoms with E-state index in [1.807, 2.05) is 49.4 Å². The number of rotatable bonds is 8. The first-order valence-corrected chi connectivity index (χ1v) is 12.7. The van der Waals surface area contributed by atoms with Crippen LogP contribution in [0.3, 0.4) is 0 Å². The van der Waals surface area contributed by atoms with Crippen LogP contribution in [0.4, 0.5) is 4.39 Å². The number of carbonyl (C=O) groups excluding carboxylic acids is 1. The molecule has 0 saturated carbocycles. The van der Waals surface area contributed by atoms with Crippen LogP contribution < -0.4 is 14.8 Å². The van der Waals surface area contributed by atoms with Crippen LogP contribution in [-0.4, -0.2) is 28.8 Å². The molecule has 2 atom stereocenters. The number of halogens is 2. The Kier molecular flexibility index (Phi) is 8.34. The van der Waals surface area contributed by atoms with Crippen molar-refractivity contribution < 1.29 is 18.7 Å². The molecule has 0 aliphatic rings. The van der Waals surface area contributed by atoms with Gasteiger partial charge in [0.2, 0.25) is 0 Å². The van der Waals surface area contributed by atoms with Gasteiger partial charge in [0.05, 0.1) is 39.8 Å². The van der Waals surface area contributed by atoms with Crippen LogP contribution in [0.25, 0.3) is 16.6 Å². The number of carbonyl (C=O) groups is 1. The SMILES string of the molecule is C.COc1cccc([C@@H](Oc2ccc3c(cnn3-c3ccc(F)cc3)c2)[C@H](C)NC(=O)c2ccc(Cl)s2)c1. The summed E-state index contributed by atoms with van der Waals surface area (Å²) in [6.07, 6.45) is 1.22. The molecule has 9 heteroatoms. The minimum absolute atomic E-state index is 0. The Labute approximate surface area is 229 Å². The van der Waals surface area contributed by atoms with Crippen molar-refractivity contribution in [3.63, 3.8) is 0 Å². The third-order valence-electron chi connectivity index (χ3n) is 5.91. The number of aromatic nitrogens is 2. The molecule has 0 aliphatic carbocycles. The summed E-state index contributed by atoms with van der Waals surface area (Å²) in [5, 5.41) is 8.35. The van der Waals surface area contributed by atoms with E-state index in [0.717, 1.165) is 22.2 Å². The van der Waals surface area contributed by atoms with Crippen LogP contribution in [0.2, 0.25) is 4.34 Å². The lowest BCUT2D eigenvalue weighted by Crippen LogP contribution is -2.39. The number of hydrogen-bond donors (Lipinski definition) is 1. The lowest BCUT2D eigenvalue weighted by Gasteiger charge is -2.27. The minimum Gasteiger partial charge on any atom is -0.497 e. The second-order valence-corrected chi connectivity index (χ2v) is 10.1. The highest BCUT2D eigenvalue weighted by Gasteiger charge is 2.25. The highest BCUT2D eigenvalue weighted by molar-refractivity contribution is 7.18. The second-order valence-electron chi connectivity index (χ2n) is 8.43. The summed E-state index contributed by atoms with van der Waals surface area (Å²) in [7, 11) is 1.60. The van der Waals surface area contributed by atoms with Crippen molar-refractivity contribution >= 4 is 39.7 Å². The van der Waals surface area contributed by atoms with Crippen LogP contribution >= 0.6 is 22.9 Å². The molecule has 1 N–H and O–H groups in total. The Morgan fingerprint density at radius 3 is 2.55 bits per heavy atom. The highest BCUT2D eigenvalue weighted by atomic mass is 35.5. The Morgan fingerprint density at radius 1 is 1.05 bits per heavy atom. The largest absolute Gasteiger partial charge is 0.497 e. The fourth-order valence-electron chi connectivity index (χ4n) is 4.09. The van der Waals surface area contributed by atoms with E-state index in [1.54, 1.807) is 42.3 Å². The van der Waals surface area contributed by atoms with E-state index >= 15 is 0 Å². The number of amides is 1. The van der Waals surface area contributed by atoms with Crippen molar-refractivity contribution in [1.82, 2.24) is 15.1 Å². The molecule has 6 nitrogen and oxygen atoms in total. The van der Waals surface area contributed by atoms with Crippen molar-refractivity contribution in [2.75, 3.05) is 7.11 Å². The highest BCUT2D eigenvalue weighted by Crippen LogP contribution is 2.31. The molecule has 38 heavy (non-hydrogen) atoms. The van der Waals surface area contributed by atoms with Crippen LogP contribution in [0, 0.1) is 5.82 Å². The maximum absolute atomic E-state index is 13.4. The first-order chi connectivity index (χ1) is 17.9. The van der Waals surface area contributed by atoms with Crippen molar-refractivity contribution in [1.29, 1.82) is 0 Å². The van der Waals surface area contributed by atoms with Crippen molar-refractivity contribution in [2.24, 2.45) is 0 Å². The summed E-state index contributed by atoms with van der Waals surface area (Å²) in [4.78, 5) is 13.4. The number of hydrogen-bond acceptors (Lipinski definition) is 5. The van der Waals surface area contributed by atoms with Gasteiger partial charge in [0, 0.05) is 5.39 Å². The molecule has 196 valence electrons. The molecule has 1 amide bonds. The van der Waals surface area contributed by atoms with Gasteiger partial charge in [-0.15, -0.1) is 11.3 Å². The molecule has 5 rings (SSSR count). The van der Waals surface area contributed by atoms with Gasteiger partial charge in [0.25, 0.3) is 5.91 Å². The normalized spacial score (nSPS) is 12.4. The molecule has 0 radical (unpaired) electrons. The zero-order valence-electron chi connectivity index (χ0n) is 20.0. The van der Waals surface area contributed by atoms with Crippen molar-refractivity contribution in [3.8, 4) is 17.2 Å². The molecule has 2 heterocycles. The Hall–Kier alpha value is -3.88. The molecule has 0 bridgehead atoms. The van der Waals surface area contributed by atoms with Gasteiger partial charge >= 0.3 is 0 Å². The molecule has 3 aromatic carbocycles. The zero-order valence-corrected chi connectivity index (χ0v) is 21.6. The average molecular weight is 552 g/mol. The molecule has 0 aliphatic heterocycles. The van der Waals surface area contributed by atoms with Crippen LogP contribution in [0.5, 0.6) is 11.5 Å². The van der Waals surface area contributed by atoms with Gasteiger partial charge in [-0.05, 0) is 79.2 Å². The van der Waals surface area contributed by atoms with Crippen molar-refractivity contribution in [3.05, 3.63) is 106 Å². The number of fused-ring (bicyclic) bond motifs is 1. The molecule has 0 unspecified atom stereocenters. The molecular formula is C29H27ClFN3O3S. The number of benzene rings is 3. The fraction of sp³-hybridized carbons (Fsp3) is 0.172. The number of methoxy groups -OCH3 is 1. The Morgan fingerprint density at radius 2 is 1.84 bits per heavy atom. The summed E-state index contributed by atoms with van der Waals surface area (Å²) in [5.41, 5.74) is 2.45. The van der Waals surface area contributed by atoms with E-state index in [2.05, 4.69) is 10.4 Å². The third kappa shape index (κ3) is 5.82. The Balaban J connectivity index is 0.00000336. The topological polar surface area (TPSA) is 65.4 Å². The monoisotopic (exact) mass is 551 g/mol. The summed E-state index contributed by atoms with van der Waals surface area (Å²) in [6, 6.07) is 22.4. The summed E-state index contributed by atoms with van der Waals surface area (Å²) >= 11 is 7.23. The predicted molar refractivity (Wildman–Crippen MR) is 150 cm³/mol. The van der Waals surface area contributed by atoms with Crippen LogP contribution in [-0.2, 0) is 0 Å². The summed E-state index contributed by atoms with van der Waals surface area (Å²) in [6.45, 7) is 1.89. The molecule has 0 saturated heterocycles. The first-order valence-electron chi connectivity index (χ1n) is 11.5. The van der Waals surface area contributed by atoms with Gasteiger partial charge in [0.15, 0.2) is 0 Å². The first kappa shape index (κ1) is 27.2. The van der Waals surface area contributed by atoms with Crippen LogP contribution in [0.1, 0.15) is 35.7 Å². The average Bonchev–Trinajstić information content (AvgIpc) is 3.54. The zero-order chi connectivity index (χ0) is 25.9. The molecule has 5 aromatic rings. The molecular weight excluding hydrogens is 525 g/mol. The van der Waals surface area contributed by atoms with E-state index in [9.17, 15) is 9.18 Å². The predicted octanol–water partition coefficient (Wildman–Crippen LogP) is 7.46. The summed E-state index contributed by atoms with van der Waals surface area (Å²) < 4.78 is 27.5. The number of nitrogens with one attached hydrogen (secondary N) is 1. The van der Waals surface area contributed by atoms with Crippen molar-refractivity contribution in [2.45, 2.75) is 26.5 Å². The minimum atomic E-state index is -0.515. The van der Waals surface area contributed by atoms with E-state index in [1.165, 1.54) is 23.5 Å². The fourth-order valence-corrected chi connectivity index (χ4v) is 5.03. The third-order valence-corrected chi connectivity index (χ3v) is 7.14. The Bertz CT molecular complexity index is 1550. The van der Waals surface area contributed by atoms with Crippen LogP contribution in [0.15, 0.2) is 85.1 Å². The molecule has 0 fully saturated rings. The van der Waals surface area contributed by atoms with Gasteiger partial charge < -0.3 is 14.8 Å². The lowest BCUT2D eigenvalue weighted by molar-refractivity contribution is 0.0886. The quantitative estimate of drug-likeness (QED) is 0.217. The number of nitrogens with zero attached hydrogens (tertiary/aromatic N) is 2. The second kappa shape index (κ2) is 11.7.